The van der Waals surface area contributed by atoms with Crippen molar-refractivity contribution in [1.82, 2.24) is 4.31 Å². The fraction of sp³-hybridized carbons (Fsp3) is 1.00. The molecule has 0 saturated carbocycles. The van der Waals surface area contributed by atoms with Crippen LogP contribution in [0.25, 0.3) is 0 Å². The third-order valence-corrected chi connectivity index (χ3v) is 5.04. The van der Waals surface area contributed by atoms with Crippen LogP contribution in [0.15, 0.2) is 0 Å². The molecule has 3 nitrogen and oxygen atoms in total. The lowest BCUT2D eigenvalue weighted by Crippen LogP contribution is -2.40. The van der Waals surface area contributed by atoms with Crippen molar-refractivity contribution in [3.63, 3.8) is 0 Å². The van der Waals surface area contributed by atoms with E-state index in [-0.39, 0.29) is 11.8 Å². The number of rotatable bonds is 9. The third-order valence-electron chi connectivity index (χ3n) is 2.71. The second-order valence-corrected chi connectivity index (χ2v) is 6.50. The molecule has 0 aliphatic carbocycles. The minimum Gasteiger partial charge on any atom is -0.212 e. The van der Waals surface area contributed by atoms with E-state index in [9.17, 15) is 8.42 Å². The van der Waals surface area contributed by atoms with E-state index in [0.717, 1.165) is 19.3 Å². The maximum absolute atomic E-state index is 12.1. The number of alkyl halides is 1. The monoisotopic (exact) mass is 269 g/mol. The van der Waals surface area contributed by atoms with Crippen LogP contribution in [0.4, 0.5) is 0 Å². The van der Waals surface area contributed by atoms with Gasteiger partial charge >= 0.3 is 0 Å². The Morgan fingerprint density at radius 2 is 1.88 bits per heavy atom. The Morgan fingerprint density at radius 3 is 2.31 bits per heavy atom. The molecule has 0 aliphatic heterocycles. The summed E-state index contributed by atoms with van der Waals surface area (Å²) in [5.74, 6) is 0.575. The molecule has 0 radical (unpaired) electrons. The van der Waals surface area contributed by atoms with Crippen molar-refractivity contribution in [3.8, 4) is 0 Å². The summed E-state index contributed by atoms with van der Waals surface area (Å²) in [4.78, 5) is 0. The molecule has 16 heavy (non-hydrogen) atoms. The lowest BCUT2D eigenvalue weighted by molar-refractivity contribution is 0.324. The molecule has 0 amide bonds. The van der Waals surface area contributed by atoms with Crippen molar-refractivity contribution < 1.29 is 8.42 Å². The molecular formula is C11H24ClNO2S. The fourth-order valence-electron chi connectivity index (χ4n) is 1.51. The highest BCUT2D eigenvalue weighted by molar-refractivity contribution is 7.89. The summed E-state index contributed by atoms with van der Waals surface area (Å²) in [7, 11) is -3.12. The summed E-state index contributed by atoms with van der Waals surface area (Å²) >= 11 is 5.55. The van der Waals surface area contributed by atoms with Gasteiger partial charge in [0.1, 0.15) is 0 Å². The molecule has 0 aromatic heterocycles. The molecule has 98 valence electrons. The zero-order valence-corrected chi connectivity index (χ0v) is 12.1. The van der Waals surface area contributed by atoms with Crippen molar-refractivity contribution >= 4 is 21.6 Å². The molecule has 0 aliphatic rings. The van der Waals surface area contributed by atoms with E-state index in [1.165, 1.54) is 0 Å². The summed E-state index contributed by atoms with van der Waals surface area (Å²) in [5.41, 5.74) is 0. The Labute approximate surface area is 105 Å². The minimum atomic E-state index is -3.12. The first-order chi connectivity index (χ1) is 7.49. The Morgan fingerprint density at radius 1 is 1.25 bits per heavy atom. The summed E-state index contributed by atoms with van der Waals surface area (Å²) in [5, 5.41) is 0. The average Bonchev–Trinajstić information content (AvgIpc) is 2.26. The molecule has 5 heteroatoms. The van der Waals surface area contributed by atoms with E-state index in [4.69, 9.17) is 11.6 Å². The van der Waals surface area contributed by atoms with Gasteiger partial charge in [-0.05, 0) is 26.2 Å². The van der Waals surface area contributed by atoms with Crippen LogP contribution >= 0.6 is 11.6 Å². The van der Waals surface area contributed by atoms with Crippen LogP contribution in [0.2, 0.25) is 0 Å². The highest BCUT2D eigenvalue weighted by Crippen LogP contribution is 2.13. The first-order valence-corrected chi connectivity index (χ1v) is 8.19. The van der Waals surface area contributed by atoms with Crippen LogP contribution in [0, 0.1) is 0 Å². The van der Waals surface area contributed by atoms with Gasteiger partial charge in [0.05, 0.1) is 5.75 Å². The summed E-state index contributed by atoms with van der Waals surface area (Å²) < 4.78 is 25.8. The van der Waals surface area contributed by atoms with Gasteiger partial charge in [-0.1, -0.05) is 20.3 Å². The highest BCUT2D eigenvalue weighted by atomic mass is 35.5. The number of nitrogens with zero attached hydrogens (tertiary/aromatic N) is 1. The van der Waals surface area contributed by atoms with Crippen molar-refractivity contribution in [1.29, 1.82) is 0 Å². The summed E-state index contributed by atoms with van der Waals surface area (Å²) in [6.07, 6.45) is 3.31. The van der Waals surface area contributed by atoms with Gasteiger partial charge in [0.15, 0.2) is 0 Å². The number of hydrogen-bond acceptors (Lipinski definition) is 2. The van der Waals surface area contributed by atoms with E-state index in [0.29, 0.717) is 18.8 Å². The van der Waals surface area contributed by atoms with Gasteiger partial charge in [0.2, 0.25) is 10.0 Å². The van der Waals surface area contributed by atoms with E-state index >= 15 is 0 Å². The summed E-state index contributed by atoms with van der Waals surface area (Å²) in [6.45, 7) is 6.69. The largest absolute Gasteiger partial charge is 0.214 e. The molecular weight excluding hydrogens is 246 g/mol. The van der Waals surface area contributed by atoms with Crippen LogP contribution in [-0.4, -0.2) is 36.9 Å². The Balaban J connectivity index is 4.59. The van der Waals surface area contributed by atoms with Gasteiger partial charge in [-0.3, -0.25) is 0 Å². The van der Waals surface area contributed by atoms with Gasteiger partial charge in [0, 0.05) is 18.5 Å². The van der Waals surface area contributed by atoms with Crippen molar-refractivity contribution in [3.05, 3.63) is 0 Å². The molecule has 0 saturated heterocycles. The molecule has 0 N–H and O–H groups in total. The Bertz CT molecular complexity index is 267. The topological polar surface area (TPSA) is 37.4 Å². The van der Waals surface area contributed by atoms with E-state index < -0.39 is 10.0 Å². The molecule has 0 aromatic rings. The van der Waals surface area contributed by atoms with E-state index in [1.807, 2.05) is 13.8 Å². The van der Waals surface area contributed by atoms with Gasteiger partial charge in [0.25, 0.3) is 0 Å². The predicted octanol–water partition coefficient (Wildman–Crippen LogP) is 2.85. The standard InChI is InChI=1S/C11H24ClNO2S/c1-4-6-9-13(11(3)5-2)16(14,15)10-7-8-12/h11H,4-10H2,1-3H3. The maximum atomic E-state index is 12.1. The molecule has 0 heterocycles. The predicted molar refractivity (Wildman–Crippen MR) is 70.5 cm³/mol. The van der Waals surface area contributed by atoms with Gasteiger partial charge in [-0.25, -0.2) is 8.42 Å². The lowest BCUT2D eigenvalue weighted by Gasteiger charge is -2.27. The van der Waals surface area contributed by atoms with Crippen LogP contribution in [-0.2, 0) is 10.0 Å². The average molecular weight is 270 g/mol. The number of halogens is 1. The van der Waals surface area contributed by atoms with E-state index in [2.05, 4.69) is 6.92 Å². The molecule has 0 spiro atoms. The van der Waals surface area contributed by atoms with Crippen molar-refractivity contribution in [2.24, 2.45) is 0 Å². The van der Waals surface area contributed by atoms with Crippen LogP contribution in [0.3, 0.4) is 0 Å². The minimum absolute atomic E-state index is 0.0897. The SMILES string of the molecule is CCCCN(C(C)CC)S(=O)(=O)CCCCl. The van der Waals surface area contributed by atoms with E-state index in [1.54, 1.807) is 4.31 Å². The maximum Gasteiger partial charge on any atom is 0.214 e. The third kappa shape index (κ3) is 5.51. The second-order valence-electron chi connectivity index (χ2n) is 4.08. The van der Waals surface area contributed by atoms with Crippen LogP contribution < -0.4 is 0 Å². The smallest absolute Gasteiger partial charge is 0.212 e. The molecule has 0 rings (SSSR count). The zero-order valence-electron chi connectivity index (χ0n) is 10.6. The first kappa shape index (κ1) is 16.2. The van der Waals surface area contributed by atoms with Gasteiger partial charge in [-0.2, -0.15) is 4.31 Å². The molecule has 0 bridgehead atoms. The highest BCUT2D eigenvalue weighted by Gasteiger charge is 2.24. The Kier molecular flexibility index (Phi) is 8.42. The zero-order chi connectivity index (χ0) is 12.6. The van der Waals surface area contributed by atoms with Crippen molar-refractivity contribution in [2.75, 3.05) is 18.2 Å². The lowest BCUT2D eigenvalue weighted by atomic mass is 10.2. The molecule has 0 aromatic carbocycles. The summed E-state index contributed by atoms with van der Waals surface area (Å²) in [6, 6.07) is 0.0897. The van der Waals surface area contributed by atoms with Gasteiger partial charge in [-0.15, -0.1) is 11.6 Å². The quantitative estimate of drug-likeness (QED) is 0.604. The second kappa shape index (κ2) is 8.31. The number of sulfonamides is 1. The molecule has 0 fully saturated rings. The fourth-order valence-corrected chi connectivity index (χ4v) is 3.65. The number of hydrogen-bond donors (Lipinski definition) is 0. The Hall–Kier alpha value is 0.200. The molecule has 1 atom stereocenters. The normalized spacial score (nSPS) is 14.3. The van der Waals surface area contributed by atoms with Crippen molar-refractivity contribution in [2.45, 2.75) is 52.5 Å². The molecule has 1 unspecified atom stereocenters. The van der Waals surface area contributed by atoms with Crippen LogP contribution in [0.1, 0.15) is 46.5 Å². The number of unbranched alkanes of at least 4 members (excludes halogenated alkanes) is 1. The first-order valence-electron chi connectivity index (χ1n) is 6.05. The van der Waals surface area contributed by atoms with Crippen LogP contribution in [0.5, 0.6) is 0 Å². The van der Waals surface area contributed by atoms with Gasteiger partial charge < -0.3 is 0 Å².